The molecule has 1 unspecified atom stereocenters. The van der Waals surface area contributed by atoms with E-state index in [-0.39, 0.29) is 6.10 Å². The third-order valence-corrected chi connectivity index (χ3v) is 1.74. The molecule has 0 saturated carbocycles. The van der Waals surface area contributed by atoms with E-state index in [2.05, 4.69) is 0 Å². The van der Waals surface area contributed by atoms with E-state index in [0.717, 1.165) is 11.1 Å². The molecule has 0 heterocycles. The van der Waals surface area contributed by atoms with Gasteiger partial charge >= 0.3 is 0 Å². The standard InChI is InChI=1S/C9H12O/c1-7(8(2)10)9-5-3-4-6-9/h3-6,8,10H,1-2H3. The molecule has 54 valence electrons. The van der Waals surface area contributed by atoms with E-state index in [1.807, 2.05) is 31.2 Å². The van der Waals surface area contributed by atoms with Crippen LogP contribution in [-0.4, -0.2) is 11.2 Å². The molecule has 0 saturated heterocycles. The van der Waals surface area contributed by atoms with Crippen molar-refractivity contribution in [1.29, 1.82) is 0 Å². The molecule has 1 aliphatic rings. The lowest BCUT2D eigenvalue weighted by atomic mass is 10.1. The molecule has 1 N–H and O–H groups in total. The Labute approximate surface area is 61.4 Å². The van der Waals surface area contributed by atoms with Crippen molar-refractivity contribution < 1.29 is 5.11 Å². The predicted molar refractivity (Wildman–Crippen MR) is 42.7 cm³/mol. The van der Waals surface area contributed by atoms with Crippen LogP contribution in [0.3, 0.4) is 0 Å². The van der Waals surface area contributed by atoms with Crippen LogP contribution in [0.15, 0.2) is 35.5 Å². The van der Waals surface area contributed by atoms with E-state index >= 15 is 0 Å². The first-order chi connectivity index (χ1) is 4.72. The third kappa shape index (κ3) is 1.36. The van der Waals surface area contributed by atoms with Gasteiger partial charge < -0.3 is 5.11 Å². The molecule has 1 aliphatic carbocycles. The molecule has 0 aromatic rings. The van der Waals surface area contributed by atoms with E-state index in [4.69, 9.17) is 5.11 Å². The number of aliphatic hydroxyl groups is 1. The monoisotopic (exact) mass is 136 g/mol. The van der Waals surface area contributed by atoms with Crippen LogP contribution in [0.4, 0.5) is 0 Å². The lowest BCUT2D eigenvalue weighted by Crippen LogP contribution is -2.02. The van der Waals surface area contributed by atoms with Gasteiger partial charge in [0.25, 0.3) is 0 Å². The van der Waals surface area contributed by atoms with E-state index in [1.54, 1.807) is 6.92 Å². The van der Waals surface area contributed by atoms with Crippen molar-refractivity contribution >= 4 is 0 Å². The van der Waals surface area contributed by atoms with Crippen molar-refractivity contribution in [2.45, 2.75) is 20.0 Å². The summed E-state index contributed by atoms with van der Waals surface area (Å²) in [5, 5.41) is 9.16. The van der Waals surface area contributed by atoms with Crippen LogP contribution in [0.1, 0.15) is 13.8 Å². The van der Waals surface area contributed by atoms with Crippen molar-refractivity contribution in [3.63, 3.8) is 0 Å². The van der Waals surface area contributed by atoms with Gasteiger partial charge in [-0.1, -0.05) is 24.3 Å². The third-order valence-electron chi connectivity index (χ3n) is 1.74. The topological polar surface area (TPSA) is 20.2 Å². The largest absolute Gasteiger partial charge is 0.389 e. The summed E-state index contributed by atoms with van der Waals surface area (Å²) in [6.45, 7) is 3.72. The molecule has 0 aliphatic heterocycles. The Balaban J connectivity index is 2.85. The van der Waals surface area contributed by atoms with Crippen molar-refractivity contribution in [2.24, 2.45) is 0 Å². The number of aliphatic hydroxyl groups excluding tert-OH is 1. The average Bonchev–Trinajstić information content (AvgIpc) is 2.36. The molecule has 0 aromatic carbocycles. The quantitative estimate of drug-likeness (QED) is 0.583. The highest BCUT2D eigenvalue weighted by Gasteiger charge is 2.03. The molecule has 1 heteroatoms. The molecule has 0 fully saturated rings. The predicted octanol–water partition coefficient (Wildman–Crippen LogP) is 1.81. The minimum Gasteiger partial charge on any atom is -0.389 e. The minimum absolute atomic E-state index is 0.331. The molecule has 0 bridgehead atoms. The van der Waals surface area contributed by atoms with E-state index in [1.165, 1.54) is 0 Å². The highest BCUT2D eigenvalue weighted by molar-refractivity contribution is 5.43. The van der Waals surface area contributed by atoms with Gasteiger partial charge in [-0.2, -0.15) is 0 Å². The van der Waals surface area contributed by atoms with Gasteiger partial charge in [-0.15, -0.1) is 0 Å². The molecule has 0 aromatic heterocycles. The number of hydrogen-bond acceptors (Lipinski definition) is 1. The summed E-state index contributed by atoms with van der Waals surface area (Å²) in [7, 11) is 0. The molecule has 1 atom stereocenters. The van der Waals surface area contributed by atoms with Gasteiger partial charge in [0.15, 0.2) is 0 Å². The second-order valence-corrected chi connectivity index (χ2v) is 2.53. The summed E-state index contributed by atoms with van der Waals surface area (Å²) >= 11 is 0. The minimum atomic E-state index is -0.331. The summed E-state index contributed by atoms with van der Waals surface area (Å²) < 4.78 is 0. The lowest BCUT2D eigenvalue weighted by Gasteiger charge is -2.05. The maximum atomic E-state index is 9.16. The van der Waals surface area contributed by atoms with Crippen LogP contribution in [0, 0.1) is 0 Å². The molecule has 1 nitrogen and oxygen atoms in total. The summed E-state index contributed by atoms with van der Waals surface area (Å²) in [6, 6.07) is 0. The first kappa shape index (κ1) is 7.29. The highest BCUT2D eigenvalue weighted by Crippen LogP contribution is 2.15. The molecule has 0 amide bonds. The smallest absolute Gasteiger partial charge is 0.0728 e. The van der Waals surface area contributed by atoms with Crippen LogP contribution in [-0.2, 0) is 0 Å². The number of hydrogen-bond donors (Lipinski definition) is 1. The van der Waals surface area contributed by atoms with Gasteiger partial charge in [0, 0.05) is 0 Å². The number of allylic oxidation sites excluding steroid dienone is 5. The normalized spacial score (nSPS) is 18.1. The van der Waals surface area contributed by atoms with E-state index < -0.39 is 0 Å². The zero-order chi connectivity index (χ0) is 7.56. The molecule has 0 spiro atoms. The Kier molecular flexibility index (Phi) is 2.07. The van der Waals surface area contributed by atoms with Gasteiger partial charge in [0.1, 0.15) is 0 Å². The first-order valence-electron chi connectivity index (χ1n) is 3.45. The second kappa shape index (κ2) is 2.84. The molecule has 1 rings (SSSR count). The van der Waals surface area contributed by atoms with E-state index in [0.29, 0.717) is 0 Å². The molecular formula is C9H12O. The number of rotatable bonds is 1. The Morgan fingerprint density at radius 2 is 1.90 bits per heavy atom. The Morgan fingerprint density at radius 3 is 2.30 bits per heavy atom. The Morgan fingerprint density at radius 1 is 1.40 bits per heavy atom. The van der Waals surface area contributed by atoms with Crippen LogP contribution < -0.4 is 0 Å². The molecule has 0 radical (unpaired) electrons. The fraction of sp³-hybridized carbons (Fsp3) is 0.333. The van der Waals surface area contributed by atoms with Gasteiger partial charge in [-0.3, -0.25) is 0 Å². The lowest BCUT2D eigenvalue weighted by molar-refractivity contribution is 0.231. The second-order valence-electron chi connectivity index (χ2n) is 2.53. The zero-order valence-electron chi connectivity index (χ0n) is 6.33. The maximum Gasteiger partial charge on any atom is 0.0728 e. The fourth-order valence-electron chi connectivity index (χ4n) is 0.878. The SMILES string of the molecule is CC(=C1C=CC=C1)C(C)O. The highest BCUT2D eigenvalue weighted by atomic mass is 16.3. The van der Waals surface area contributed by atoms with Crippen molar-refractivity contribution in [2.75, 3.05) is 0 Å². The summed E-state index contributed by atoms with van der Waals surface area (Å²) in [5.74, 6) is 0. The van der Waals surface area contributed by atoms with E-state index in [9.17, 15) is 0 Å². The van der Waals surface area contributed by atoms with Crippen LogP contribution in [0.2, 0.25) is 0 Å². The van der Waals surface area contributed by atoms with Gasteiger partial charge in [0.2, 0.25) is 0 Å². The van der Waals surface area contributed by atoms with Crippen LogP contribution in [0.5, 0.6) is 0 Å². The Bertz CT molecular complexity index is 193. The zero-order valence-corrected chi connectivity index (χ0v) is 6.33. The summed E-state index contributed by atoms with van der Waals surface area (Å²) in [6.07, 6.45) is 7.62. The molecular weight excluding hydrogens is 124 g/mol. The van der Waals surface area contributed by atoms with Gasteiger partial charge in [-0.05, 0) is 25.0 Å². The summed E-state index contributed by atoms with van der Waals surface area (Å²) in [5.41, 5.74) is 2.17. The average molecular weight is 136 g/mol. The Hall–Kier alpha value is -0.820. The van der Waals surface area contributed by atoms with Crippen LogP contribution in [0.25, 0.3) is 0 Å². The van der Waals surface area contributed by atoms with Crippen LogP contribution >= 0.6 is 0 Å². The molecule has 10 heavy (non-hydrogen) atoms. The van der Waals surface area contributed by atoms with Gasteiger partial charge in [-0.25, -0.2) is 0 Å². The maximum absolute atomic E-state index is 9.16. The van der Waals surface area contributed by atoms with Crippen molar-refractivity contribution in [3.8, 4) is 0 Å². The fourth-order valence-corrected chi connectivity index (χ4v) is 0.878. The van der Waals surface area contributed by atoms with Crippen molar-refractivity contribution in [3.05, 3.63) is 35.5 Å². The first-order valence-corrected chi connectivity index (χ1v) is 3.45. The van der Waals surface area contributed by atoms with Crippen molar-refractivity contribution in [1.82, 2.24) is 0 Å². The summed E-state index contributed by atoms with van der Waals surface area (Å²) in [4.78, 5) is 0. The van der Waals surface area contributed by atoms with Gasteiger partial charge in [0.05, 0.1) is 6.10 Å².